The number of hydrogen-bond acceptors (Lipinski definition) is 1. The first-order valence-electron chi connectivity index (χ1n) is 5.29. The van der Waals surface area contributed by atoms with Gasteiger partial charge in [0, 0.05) is 18.4 Å². The summed E-state index contributed by atoms with van der Waals surface area (Å²) in [5, 5.41) is 0. The molecule has 0 aliphatic heterocycles. The summed E-state index contributed by atoms with van der Waals surface area (Å²) < 4.78 is 0. The Labute approximate surface area is 90.3 Å². The standard InChI is InChI=1S/C14H12O/c15-14-9-3-1-2-6-12-7-4-5-8-13(12)10-11-14/h6,8H,3-5,7,9H2/b12-6-. The van der Waals surface area contributed by atoms with E-state index in [1.807, 2.05) is 6.08 Å². The van der Waals surface area contributed by atoms with Gasteiger partial charge in [0.1, 0.15) is 0 Å². The Hall–Kier alpha value is -1.73. The fourth-order valence-electron chi connectivity index (χ4n) is 1.67. The zero-order chi connectivity index (χ0) is 10.5. The molecule has 0 amide bonds. The normalized spacial score (nSPS) is 23.1. The van der Waals surface area contributed by atoms with Gasteiger partial charge in [-0.15, -0.1) is 0 Å². The van der Waals surface area contributed by atoms with Crippen LogP contribution in [0.3, 0.4) is 0 Å². The first-order valence-corrected chi connectivity index (χ1v) is 5.29. The van der Waals surface area contributed by atoms with Gasteiger partial charge in [0.15, 0.2) is 0 Å². The Morgan fingerprint density at radius 3 is 3.07 bits per heavy atom. The zero-order valence-corrected chi connectivity index (χ0v) is 8.60. The van der Waals surface area contributed by atoms with Crippen molar-refractivity contribution in [2.24, 2.45) is 0 Å². The van der Waals surface area contributed by atoms with E-state index in [4.69, 9.17) is 0 Å². The van der Waals surface area contributed by atoms with Gasteiger partial charge in [-0.3, -0.25) is 4.79 Å². The zero-order valence-electron chi connectivity index (χ0n) is 8.60. The first-order chi connectivity index (χ1) is 7.36. The van der Waals surface area contributed by atoms with Crippen molar-refractivity contribution in [3.8, 4) is 23.7 Å². The second kappa shape index (κ2) is 4.67. The second-order valence-corrected chi connectivity index (χ2v) is 3.67. The van der Waals surface area contributed by atoms with Gasteiger partial charge in [-0.2, -0.15) is 0 Å². The molecule has 0 radical (unpaired) electrons. The van der Waals surface area contributed by atoms with E-state index < -0.39 is 0 Å². The number of hydrogen-bond donors (Lipinski definition) is 0. The Balaban J connectivity index is 2.37. The molecule has 0 saturated carbocycles. The van der Waals surface area contributed by atoms with Gasteiger partial charge in [-0.05, 0) is 36.8 Å². The highest BCUT2D eigenvalue weighted by Crippen LogP contribution is 2.23. The third-order valence-electron chi connectivity index (χ3n) is 2.51. The first kappa shape index (κ1) is 9.81. The highest BCUT2D eigenvalue weighted by Gasteiger charge is 2.08. The van der Waals surface area contributed by atoms with Crippen molar-refractivity contribution in [2.75, 3.05) is 0 Å². The lowest BCUT2D eigenvalue weighted by atomic mass is 9.93. The summed E-state index contributed by atoms with van der Waals surface area (Å²) in [5.41, 5.74) is 2.20. The van der Waals surface area contributed by atoms with Crippen LogP contribution in [0.2, 0.25) is 0 Å². The summed E-state index contributed by atoms with van der Waals surface area (Å²) in [6.45, 7) is 0. The highest BCUT2D eigenvalue weighted by molar-refractivity contribution is 5.96. The molecule has 0 heterocycles. The third kappa shape index (κ3) is 2.61. The summed E-state index contributed by atoms with van der Waals surface area (Å²) in [4.78, 5) is 11.3. The van der Waals surface area contributed by atoms with Crippen LogP contribution in [-0.2, 0) is 4.79 Å². The minimum atomic E-state index is -0.00276. The van der Waals surface area contributed by atoms with E-state index >= 15 is 0 Å². The van der Waals surface area contributed by atoms with E-state index in [2.05, 4.69) is 29.8 Å². The van der Waals surface area contributed by atoms with Crippen LogP contribution in [0.1, 0.15) is 32.1 Å². The average Bonchev–Trinajstić information content (AvgIpc) is 2.27. The molecule has 2 aliphatic carbocycles. The van der Waals surface area contributed by atoms with E-state index in [9.17, 15) is 4.79 Å². The highest BCUT2D eigenvalue weighted by atomic mass is 16.1. The predicted octanol–water partition coefficient (Wildman–Crippen LogP) is 2.39. The third-order valence-corrected chi connectivity index (χ3v) is 2.51. The molecule has 2 aliphatic rings. The van der Waals surface area contributed by atoms with Gasteiger partial charge in [0.2, 0.25) is 5.78 Å². The predicted molar refractivity (Wildman–Crippen MR) is 59.8 cm³/mol. The van der Waals surface area contributed by atoms with E-state index in [1.54, 1.807) is 0 Å². The lowest BCUT2D eigenvalue weighted by Gasteiger charge is -2.11. The van der Waals surface area contributed by atoms with Crippen LogP contribution in [0.4, 0.5) is 0 Å². The molecule has 1 heteroatoms. The summed E-state index contributed by atoms with van der Waals surface area (Å²) in [7, 11) is 0. The van der Waals surface area contributed by atoms with Gasteiger partial charge in [-0.25, -0.2) is 0 Å². The summed E-state index contributed by atoms with van der Waals surface area (Å²) >= 11 is 0. The molecule has 0 aromatic carbocycles. The van der Waals surface area contributed by atoms with Crippen LogP contribution in [0.5, 0.6) is 0 Å². The molecule has 0 atom stereocenters. The smallest absolute Gasteiger partial charge is 0.206 e. The summed E-state index contributed by atoms with van der Waals surface area (Å²) in [6, 6.07) is 0. The number of allylic oxidation sites excluding steroid dienone is 4. The summed E-state index contributed by atoms with van der Waals surface area (Å²) in [5.74, 6) is 11.6. The van der Waals surface area contributed by atoms with Crippen molar-refractivity contribution in [1.82, 2.24) is 0 Å². The minimum Gasteiger partial charge on any atom is -0.285 e. The van der Waals surface area contributed by atoms with Crippen LogP contribution < -0.4 is 0 Å². The van der Waals surface area contributed by atoms with Gasteiger partial charge >= 0.3 is 0 Å². The average molecular weight is 196 g/mol. The second-order valence-electron chi connectivity index (χ2n) is 3.67. The van der Waals surface area contributed by atoms with Crippen molar-refractivity contribution < 1.29 is 4.79 Å². The Morgan fingerprint density at radius 1 is 1.20 bits per heavy atom. The molecule has 0 fully saturated rings. The van der Waals surface area contributed by atoms with Gasteiger partial charge < -0.3 is 0 Å². The molecule has 0 aromatic heterocycles. The van der Waals surface area contributed by atoms with Crippen molar-refractivity contribution in [1.29, 1.82) is 0 Å². The molecule has 1 nitrogen and oxygen atoms in total. The summed E-state index contributed by atoms with van der Waals surface area (Å²) in [6.07, 6.45) is 8.39. The molecular weight excluding hydrogens is 184 g/mol. The molecule has 0 saturated heterocycles. The number of rotatable bonds is 0. The Kier molecular flexibility index (Phi) is 3.05. The molecule has 0 bridgehead atoms. The molecule has 74 valence electrons. The molecule has 0 aromatic rings. The maximum absolute atomic E-state index is 11.3. The number of ketones is 1. The van der Waals surface area contributed by atoms with Crippen LogP contribution >= 0.6 is 0 Å². The molecular formula is C14H12O. The van der Waals surface area contributed by atoms with Crippen LogP contribution in [-0.4, -0.2) is 5.78 Å². The lowest BCUT2D eigenvalue weighted by molar-refractivity contribution is -0.113. The fraction of sp³-hybridized carbons (Fsp3) is 0.357. The fourth-order valence-corrected chi connectivity index (χ4v) is 1.67. The van der Waals surface area contributed by atoms with Gasteiger partial charge in [0.25, 0.3) is 0 Å². The minimum absolute atomic E-state index is 0.00276. The van der Waals surface area contributed by atoms with Crippen LogP contribution in [0.15, 0.2) is 23.3 Å². The molecule has 0 N–H and O–H groups in total. The maximum atomic E-state index is 11.3. The topological polar surface area (TPSA) is 17.1 Å². The van der Waals surface area contributed by atoms with E-state index in [1.165, 1.54) is 5.57 Å². The molecule has 15 heavy (non-hydrogen) atoms. The van der Waals surface area contributed by atoms with E-state index in [0.29, 0.717) is 12.8 Å². The number of carbonyl (C=O) groups excluding carboxylic acids is 1. The maximum Gasteiger partial charge on any atom is 0.206 e. The van der Waals surface area contributed by atoms with E-state index in [-0.39, 0.29) is 5.78 Å². The van der Waals surface area contributed by atoms with E-state index in [0.717, 1.165) is 24.8 Å². The number of fused-ring (bicyclic) bond motifs is 1. The van der Waals surface area contributed by atoms with Crippen molar-refractivity contribution in [3.05, 3.63) is 23.3 Å². The lowest BCUT2D eigenvalue weighted by Crippen LogP contribution is -1.98. The quantitative estimate of drug-likeness (QED) is 0.429. The Morgan fingerprint density at radius 2 is 2.13 bits per heavy atom. The Bertz CT molecular complexity index is 455. The van der Waals surface area contributed by atoms with Crippen molar-refractivity contribution in [3.63, 3.8) is 0 Å². The SMILES string of the molecule is O=C1C#CC2=CCCC/C2=C/C#CCC1. The monoisotopic (exact) mass is 196 g/mol. The van der Waals surface area contributed by atoms with Crippen molar-refractivity contribution in [2.45, 2.75) is 32.1 Å². The van der Waals surface area contributed by atoms with Crippen LogP contribution in [0, 0.1) is 23.7 Å². The van der Waals surface area contributed by atoms with Gasteiger partial charge in [-0.1, -0.05) is 23.8 Å². The molecule has 2 rings (SSSR count). The number of Topliss-reactive ketones (excluding diaryl/α,β-unsaturated/α-hetero) is 1. The van der Waals surface area contributed by atoms with Crippen LogP contribution in [0.25, 0.3) is 0 Å². The molecule has 0 unspecified atom stereocenters. The largest absolute Gasteiger partial charge is 0.285 e. The van der Waals surface area contributed by atoms with Gasteiger partial charge in [0.05, 0.1) is 0 Å². The molecule has 0 spiro atoms. The van der Waals surface area contributed by atoms with Crippen molar-refractivity contribution >= 4 is 5.78 Å². The number of carbonyl (C=O) groups is 1.